The minimum atomic E-state index is -2.43. The molecule has 0 spiro atoms. The number of ketones is 2. The number of nitrogens with zero attached hydrogens (tertiary/aromatic N) is 1. The summed E-state index contributed by atoms with van der Waals surface area (Å²) in [6.07, 6.45) is 6.45. The van der Waals surface area contributed by atoms with Crippen LogP contribution in [0.3, 0.4) is 0 Å². The molecule has 0 aromatic rings. The number of hydrogen-bond donors (Lipinski definition) is 3. The Balaban J connectivity index is 1.76. The van der Waals surface area contributed by atoms with Gasteiger partial charge in [-0.25, -0.2) is 4.79 Å². The Bertz CT molecular complexity index is 1460. The maximum Gasteiger partial charge on any atom is 0.329 e. The van der Waals surface area contributed by atoms with E-state index in [1.165, 1.54) is 4.90 Å². The number of aliphatic hydroxyl groups excluding tert-OH is 2. The highest BCUT2D eigenvalue weighted by atomic mass is 16.7. The molecule has 12 heteroatoms. The van der Waals surface area contributed by atoms with Crippen LogP contribution in [-0.2, 0) is 38.1 Å². The molecular weight excluding hydrogens is 718 g/mol. The molecule has 4 aliphatic rings. The zero-order valence-electron chi connectivity index (χ0n) is 35.0. The summed E-state index contributed by atoms with van der Waals surface area (Å²) in [6, 6.07) is -1.12. The normalized spacial score (nSPS) is 41.5. The van der Waals surface area contributed by atoms with Crippen LogP contribution < -0.4 is 0 Å². The number of piperidine rings is 1. The first-order valence-corrected chi connectivity index (χ1v) is 20.8. The fourth-order valence-corrected chi connectivity index (χ4v) is 9.60. The molecule has 4 rings (SSSR count). The monoisotopic (exact) mass is 787 g/mol. The van der Waals surface area contributed by atoms with Crippen molar-refractivity contribution in [2.75, 3.05) is 20.8 Å². The number of carbonyl (C=O) groups is 4. The van der Waals surface area contributed by atoms with E-state index < -0.39 is 77.8 Å². The third-order valence-electron chi connectivity index (χ3n) is 12.9. The standard InChI is InChI=1S/C44H69NO11/c1-10-13-32-20-26(3)18-25(2)19-27(4)40-38(54-9)22-29(6)44(52,56-40)41(49)42(50)45-17-12-11-14-33(45)43(51)55-39(30(7)35(47)24-36(32)48)28(5)21-31-15-16-34(46)37(23-31)53-8/h10,20-21,25,27,29-35,37-40,46-47,52H,1,11-19,22-24H2,2-9H3/b26-20+,28-21+/t25-,27-,29+,30+,31?,32+,33-,34+,35-,37+,38-,39+,40+,44+/m0/s1. The molecule has 1 saturated carbocycles. The number of cyclic esters (lactones) is 1. The molecule has 316 valence electrons. The smallest absolute Gasteiger partial charge is 0.329 e. The van der Waals surface area contributed by atoms with Crippen LogP contribution in [0.4, 0.5) is 0 Å². The van der Waals surface area contributed by atoms with E-state index in [-0.39, 0.29) is 55.4 Å². The summed E-state index contributed by atoms with van der Waals surface area (Å²) >= 11 is 0. The molecule has 0 aromatic heterocycles. The van der Waals surface area contributed by atoms with Gasteiger partial charge < -0.3 is 39.2 Å². The fourth-order valence-electron chi connectivity index (χ4n) is 9.60. The van der Waals surface area contributed by atoms with Gasteiger partial charge in [0.25, 0.3) is 11.7 Å². The quantitative estimate of drug-likeness (QED) is 0.183. The largest absolute Gasteiger partial charge is 0.456 e. The summed E-state index contributed by atoms with van der Waals surface area (Å²) in [5.74, 6) is -7.50. The van der Waals surface area contributed by atoms with Crippen LogP contribution in [0.5, 0.6) is 0 Å². The Kier molecular flexibility index (Phi) is 16.7. The van der Waals surface area contributed by atoms with Gasteiger partial charge in [0.05, 0.1) is 30.5 Å². The molecule has 12 nitrogen and oxygen atoms in total. The Hall–Kier alpha value is -2.74. The number of methoxy groups -OCH3 is 2. The zero-order valence-corrected chi connectivity index (χ0v) is 35.0. The molecular formula is C44H69NO11. The van der Waals surface area contributed by atoms with Gasteiger partial charge >= 0.3 is 5.97 Å². The van der Waals surface area contributed by atoms with Crippen LogP contribution in [0, 0.1) is 35.5 Å². The Morgan fingerprint density at radius 2 is 1.66 bits per heavy atom. The van der Waals surface area contributed by atoms with Gasteiger partial charge in [-0.1, -0.05) is 51.5 Å². The van der Waals surface area contributed by atoms with Gasteiger partial charge in [0.1, 0.15) is 17.9 Å². The molecule has 2 bridgehead atoms. The van der Waals surface area contributed by atoms with Crippen LogP contribution in [0.1, 0.15) is 112 Å². The van der Waals surface area contributed by atoms with E-state index in [0.29, 0.717) is 56.9 Å². The Labute approximate surface area is 334 Å². The van der Waals surface area contributed by atoms with E-state index >= 15 is 0 Å². The van der Waals surface area contributed by atoms with Crippen molar-refractivity contribution in [3.63, 3.8) is 0 Å². The Morgan fingerprint density at radius 1 is 0.964 bits per heavy atom. The van der Waals surface area contributed by atoms with E-state index in [0.717, 1.165) is 5.57 Å². The SMILES string of the molecule is C=CC[C@@H]1/C=C(\C)C[C@H](C)C[C@H](C)[C@H]2O[C@@](O)(C(=O)C(=O)N3CCCC[C@H]3C(=O)O[C@H](/C(C)=C/C3CC[C@@H](O)[C@H](OC)C3)[C@H](C)[C@@H](O)CC1=O)[C@H](C)C[C@@H]2OC. The predicted octanol–water partition coefficient (Wildman–Crippen LogP) is 5.26. The lowest BCUT2D eigenvalue weighted by atomic mass is 9.79. The second kappa shape index (κ2) is 20.3. The maximum atomic E-state index is 14.3. The number of amides is 1. The predicted molar refractivity (Wildman–Crippen MR) is 211 cm³/mol. The highest BCUT2D eigenvalue weighted by Gasteiger charge is 2.56. The third kappa shape index (κ3) is 10.8. The number of rotatable bonds is 6. The highest BCUT2D eigenvalue weighted by Crippen LogP contribution is 2.40. The van der Waals surface area contributed by atoms with Gasteiger partial charge in [-0.05, 0) is 101 Å². The van der Waals surface area contributed by atoms with Crippen molar-refractivity contribution >= 4 is 23.4 Å². The minimum Gasteiger partial charge on any atom is -0.456 e. The number of carbonyl (C=O) groups excluding carboxylic acids is 4. The number of ether oxygens (including phenoxy) is 4. The van der Waals surface area contributed by atoms with Crippen LogP contribution in [0.25, 0.3) is 0 Å². The lowest BCUT2D eigenvalue weighted by Gasteiger charge is -2.47. The molecule has 2 saturated heterocycles. The molecule has 14 atom stereocenters. The summed E-state index contributed by atoms with van der Waals surface area (Å²) in [5.41, 5.74) is 1.67. The van der Waals surface area contributed by atoms with Gasteiger partial charge in [-0.15, -0.1) is 6.58 Å². The number of fused-ring (bicyclic) bond motifs is 3. The number of esters is 1. The van der Waals surface area contributed by atoms with Crippen molar-refractivity contribution in [1.82, 2.24) is 4.90 Å². The Morgan fingerprint density at radius 3 is 2.32 bits per heavy atom. The number of Topliss-reactive ketones (excluding diaryl/α,β-unsaturated/α-hetero) is 2. The highest BCUT2D eigenvalue weighted by molar-refractivity contribution is 6.39. The second-order valence-electron chi connectivity index (χ2n) is 17.5. The van der Waals surface area contributed by atoms with Gasteiger partial charge in [0, 0.05) is 44.9 Å². The van der Waals surface area contributed by atoms with Crippen molar-refractivity contribution in [2.45, 2.75) is 161 Å². The first kappa shape index (κ1) is 46.0. The van der Waals surface area contributed by atoms with Crippen LogP contribution >= 0.6 is 0 Å². The molecule has 0 radical (unpaired) electrons. The van der Waals surface area contributed by atoms with Gasteiger partial charge in [0.2, 0.25) is 5.79 Å². The van der Waals surface area contributed by atoms with Crippen molar-refractivity contribution < 1.29 is 53.4 Å². The topological polar surface area (TPSA) is 169 Å². The zero-order chi connectivity index (χ0) is 41.5. The summed E-state index contributed by atoms with van der Waals surface area (Å²) in [5, 5.41) is 34.1. The van der Waals surface area contributed by atoms with Crippen molar-refractivity contribution in [2.24, 2.45) is 35.5 Å². The molecule has 1 amide bonds. The molecule has 3 N–H and O–H groups in total. The van der Waals surface area contributed by atoms with Crippen molar-refractivity contribution in [3.8, 4) is 0 Å². The summed E-state index contributed by atoms with van der Waals surface area (Å²) in [6.45, 7) is 15.3. The lowest BCUT2D eigenvalue weighted by Crippen LogP contribution is -2.63. The molecule has 1 unspecified atom stereocenters. The van der Waals surface area contributed by atoms with E-state index in [1.807, 2.05) is 32.9 Å². The average Bonchev–Trinajstić information content (AvgIpc) is 3.16. The maximum absolute atomic E-state index is 14.3. The summed E-state index contributed by atoms with van der Waals surface area (Å²) < 4.78 is 23.9. The van der Waals surface area contributed by atoms with Gasteiger partial charge in [-0.2, -0.15) is 0 Å². The molecule has 1 aliphatic carbocycles. The number of hydrogen-bond acceptors (Lipinski definition) is 11. The molecule has 56 heavy (non-hydrogen) atoms. The average molecular weight is 788 g/mol. The molecule has 3 aliphatic heterocycles. The van der Waals surface area contributed by atoms with E-state index in [1.54, 1.807) is 34.1 Å². The van der Waals surface area contributed by atoms with Crippen molar-refractivity contribution in [3.05, 3.63) is 36.0 Å². The summed E-state index contributed by atoms with van der Waals surface area (Å²) in [7, 11) is 3.13. The van der Waals surface area contributed by atoms with E-state index in [2.05, 4.69) is 13.5 Å². The first-order chi connectivity index (χ1) is 26.4. The molecule has 3 fully saturated rings. The van der Waals surface area contributed by atoms with Crippen LogP contribution in [0.2, 0.25) is 0 Å². The van der Waals surface area contributed by atoms with E-state index in [9.17, 15) is 34.5 Å². The third-order valence-corrected chi connectivity index (χ3v) is 12.9. The molecule has 0 aromatic carbocycles. The second-order valence-corrected chi connectivity index (χ2v) is 17.5. The van der Waals surface area contributed by atoms with Crippen molar-refractivity contribution in [1.29, 1.82) is 0 Å². The minimum absolute atomic E-state index is 0.00139. The lowest BCUT2D eigenvalue weighted by molar-refractivity contribution is -0.294. The number of aliphatic hydroxyl groups is 3. The first-order valence-electron chi connectivity index (χ1n) is 20.8. The van der Waals surface area contributed by atoms with Gasteiger partial charge in [0.15, 0.2) is 0 Å². The fraction of sp³-hybridized carbons (Fsp3) is 0.773. The summed E-state index contributed by atoms with van der Waals surface area (Å²) in [4.78, 5) is 57.7. The van der Waals surface area contributed by atoms with Crippen LogP contribution in [-0.4, -0.2) is 113 Å². The number of allylic oxidation sites excluding steroid dienone is 4. The molecule has 3 heterocycles. The van der Waals surface area contributed by atoms with E-state index in [4.69, 9.17) is 18.9 Å². The van der Waals surface area contributed by atoms with Gasteiger partial charge in [-0.3, -0.25) is 14.4 Å². The van der Waals surface area contributed by atoms with Crippen LogP contribution in [0.15, 0.2) is 36.0 Å².